The molecule has 1 aliphatic heterocycles. The molecule has 2 bridgehead atoms. The quantitative estimate of drug-likeness (QED) is 0.256. The normalized spacial score (nSPS) is 38.8. The van der Waals surface area contributed by atoms with Gasteiger partial charge in [-0.2, -0.15) is 0 Å². The Morgan fingerprint density at radius 1 is 1.22 bits per heavy atom. The second kappa shape index (κ2) is 6.73. The summed E-state index contributed by atoms with van der Waals surface area (Å²) in [5.74, 6) is 1.41. The number of rotatable bonds is 8. The van der Waals surface area contributed by atoms with Crippen LogP contribution in [0.5, 0.6) is 0 Å². The van der Waals surface area contributed by atoms with E-state index in [0.29, 0.717) is 11.3 Å². The molecule has 0 N–H and O–H groups in total. The van der Waals surface area contributed by atoms with Crippen molar-refractivity contribution >= 4 is 18.7 Å². The van der Waals surface area contributed by atoms with Crippen molar-refractivity contribution in [3.05, 3.63) is 12.7 Å². The van der Waals surface area contributed by atoms with E-state index < -0.39 is 0 Å². The lowest BCUT2D eigenvalue weighted by atomic mass is 9.43. The van der Waals surface area contributed by atoms with Crippen molar-refractivity contribution in [3.63, 3.8) is 0 Å². The lowest BCUT2D eigenvalue weighted by Gasteiger charge is -2.64. The summed E-state index contributed by atoms with van der Waals surface area (Å²) in [4.78, 5) is 0. The minimum Gasteiger partial charge on any atom is -0.404 e. The number of allylic oxidation sites excluding steroid dienone is 1. The highest BCUT2D eigenvalue weighted by Crippen LogP contribution is 2.65. The van der Waals surface area contributed by atoms with Gasteiger partial charge in [0, 0.05) is 0 Å². The molecule has 4 heteroatoms. The Hall–Kier alpha value is 0.0149. The zero-order valence-corrected chi connectivity index (χ0v) is 15.8. The third-order valence-corrected chi connectivity index (χ3v) is 7.33. The maximum Gasteiger partial charge on any atom is 0.476 e. The second-order valence-electron chi connectivity index (χ2n) is 8.63. The largest absolute Gasteiger partial charge is 0.476 e. The smallest absolute Gasteiger partial charge is 0.404 e. The van der Waals surface area contributed by atoms with Crippen LogP contribution in [0.15, 0.2) is 12.7 Å². The summed E-state index contributed by atoms with van der Waals surface area (Å²) >= 11 is 6.62. The molecule has 3 saturated carbocycles. The van der Waals surface area contributed by atoms with Crippen molar-refractivity contribution in [2.45, 2.75) is 89.1 Å². The van der Waals surface area contributed by atoms with E-state index in [4.69, 9.17) is 20.9 Å². The van der Waals surface area contributed by atoms with Gasteiger partial charge in [0.25, 0.3) is 0 Å². The predicted molar refractivity (Wildman–Crippen MR) is 97.7 cm³/mol. The van der Waals surface area contributed by atoms with Gasteiger partial charge >= 0.3 is 7.12 Å². The van der Waals surface area contributed by atoms with Crippen LogP contribution in [-0.4, -0.2) is 24.1 Å². The van der Waals surface area contributed by atoms with Gasteiger partial charge in [-0.05, 0) is 56.3 Å². The number of alkyl halides is 1. The summed E-state index contributed by atoms with van der Waals surface area (Å²) in [5, 5.41) is -0.0165. The molecule has 4 fully saturated rings. The minimum atomic E-state index is -0.213. The Morgan fingerprint density at radius 2 is 1.96 bits per heavy atom. The molecule has 2 nitrogen and oxygen atoms in total. The van der Waals surface area contributed by atoms with Crippen LogP contribution in [0.3, 0.4) is 0 Å². The highest BCUT2D eigenvalue weighted by atomic mass is 35.5. The summed E-state index contributed by atoms with van der Waals surface area (Å²) in [6.07, 6.45) is 11.7. The van der Waals surface area contributed by atoms with E-state index in [1.165, 1.54) is 25.7 Å². The van der Waals surface area contributed by atoms with Gasteiger partial charge in [0.2, 0.25) is 0 Å². The summed E-state index contributed by atoms with van der Waals surface area (Å²) in [6.45, 7) is 10.8. The van der Waals surface area contributed by atoms with Crippen LogP contribution in [0.2, 0.25) is 0 Å². The highest BCUT2D eigenvalue weighted by molar-refractivity contribution is 6.59. The molecule has 0 unspecified atom stereocenters. The molecule has 3 aliphatic carbocycles. The second-order valence-corrected chi connectivity index (χ2v) is 9.19. The Balaban J connectivity index is 1.47. The Labute approximate surface area is 147 Å². The van der Waals surface area contributed by atoms with E-state index in [0.717, 1.165) is 31.6 Å². The first-order valence-electron chi connectivity index (χ1n) is 9.48. The molecule has 4 aliphatic rings. The number of halogens is 1. The Kier molecular flexibility index (Phi) is 5.21. The molecule has 0 aromatic heterocycles. The zero-order chi connectivity index (χ0) is 16.7. The van der Waals surface area contributed by atoms with Crippen molar-refractivity contribution in [2.24, 2.45) is 17.3 Å². The van der Waals surface area contributed by atoms with Crippen molar-refractivity contribution in [1.82, 2.24) is 0 Å². The van der Waals surface area contributed by atoms with Crippen LogP contribution in [0.1, 0.15) is 72.1 Å². The van der Waals surface area contributed by atoms with E-state index in [1.807, 2.05) is 6.08 Å². The first-order valence-corrected chi connectivity index (χ1v) is 9.91. The summed E-state index contributed by atoms with van der Waals surface area (Å²) in [6, 6.07) is 0. The molecule has 0 aromatic rings. The topological polar surface area (TPSA) is 18.5 Å². The SMILES string of the molecule is C=CCCCCCC[C@@H](Cl)B1O[C@@H]2C[C@@H]3C[C@@H](C3(C)C)[C@]2(C)O1. The molecule has 0 amide bonds. The highest BCUT2D eigenvalue weighted by Gasteiger charge is 2.68. The molecule has 0 aromatic carbocycles. The average molecular weight is 339 g/mol. The number of unbranched alkanes of at least 4 members (excludes halogenated alkanes) is 4. The van der Waals surface area contributed by atoms with Crippen LogP contribution in [0, 0.1) is 17.3 Å². The van der Waals surface area contributed by atoms with Crippen molar-refractivity contribution in [3.8, 4) is 0 Å². The van der Waals surface area contributed by atoms with Gasteiger partial charge in [0.05, 0.1) is 17.0 Å². The first-order chi connectivity index (χ1) is 10.9. The summed E-state index contributed by atoms with van der Waals surface area (Å²) < 4.78 is 12.7. The molecule has 0 radical (unpaired) electrons. The van der Waals surface area contributed by atoms with Crippen LogP contribution in [0.4, 0.5) is 0 Å². The molecule has 130 valence electrons. The van der Waals surface area contributed by atoms with Gasteiger partial charge in [-0.15, -0.1) is 18.2 Å². The fourth-order valence-corrected chi connectivity index (χ4v) is 5.44. The number of hydrogen-bond donors (Lipinski definition) is 0. The molecule has 1 saturated heterocycles. The van der Waals surface area contributed by atoms with Gasteiger partial charge in [-0.25, -0.2) is 0 Å². The van der Waals surface area contributed by atoms with E-state index in [-0.39, 0.29) is 24.1 Å². The van der Waals surface area contributed by atoms with Crippen LogP contribution in [-0.2, 0) is 9.31 Å². The lowest BCUT2D eigenvalue weighted by Crippen LogP contribution is -2.65. The summed E-state index contributed by atoms with van der Waals surface area (Å²) in [5.41, 5.74) is 0.274. The van der Waals surface area contributed by atoms with Gasteiger partial charge < -0.3 is 9.31 Å². The van der Waals surface area contributed by atoms with Gasteiger partial charge in [0.1, 0.15) is 0 Å². The van der Waals surface area contributed by atoms with Gasteiger partial charge in [0.15, 0.2) is 0 Å². The van der Waals surface area contributed by atoms with Crippen LogP contribution < -0.4 is 0 Å². The van der Waals surface area contributed by atoms with Gasteiger partial charge in [-0.1, -0.05) is 39.2 Å². The number of hydrogen-bond acceptors (Lipinski definition) is 2. The standard InChI is InChI=1S/C19H32BClO2/c1-5-6-7-8-9-10-11-17(21)20-22-16-13-14-12-15(18(14,2)3)19(16,4)23-20/h5,14-17H,1,6-13H2,2-4H3/t14-,15-,16+,17+,19-/m0/s1. The molecule has 0 spiro atoms. The predicted octanol–water partition coefficient (Wildman–Crippen LogP) is 5.39. The Morgan fingerprint density at radius 3 is 2.65 bits per heavy atom. The molecule has 23 heavy (non-hydrogen) atoms. The summed E-state index contributed by atoms with van der Waals surface area (Å²) in [7, 11) is -0.213. The maximum absolute atomic E-state index is 6.62. The van der Waals surface area contributed by atoms with E-state index >= 15 is 0 Å². The van der Waals surface area contributed by atoms with Crippen LogP contribution >= 0.6 is 11.6 Å². The fraction of sp³-hybridized carbons (Fsp3) is 0.895. The average Bonchev–Trinajstić information content (AvgIpc) is 2.87. The van der Waals surface area contributed by atoms with Crippen molar-refractivity contribution in [1.29, 1.82) is 0 Å². The molecule has 5 atom stereocenters. The molecule has 1 heterocycles. The lowest BCUT2D eigenvalue weighted by molar-refractivity contribution is -0.199. The maximum atomic E-state index is 6.62. The first kappa shape index (κ1) is 17.8. The van der Waals surface area contributed by atoms with Crippen molar-refractivity contribution < 1.29 is 9.31 Å². The molecular formula is C19H32BClO2. The monoisotopic (exact) mass is 338 g/mol. The third-order valence-electron chi connectivity index (χ3n) is 6.90. The van der Waals surface area contributed by atoms with Gasteiger partial charge in [-0.3, -0.25) is 0 Å². The van der Waals surface area contributed by atoms with E-state index in [2.05, 4.69) is 27.4 Å². The molecule has 4 rings (SSSR count). The third kappa shape index (κ3) is 3.14. The fourth-order valence-electron chi connectivity index (χ4n) is 5.17. The van der Waals surface area contributed by atoms with E-state index in [1.54, 1.807) is 0 Å². The Bertz CT molecular complexity index is 441. The van der Waals surface area contributed by atoms with Crippen LogP contribution in [0.25, 0.3) is 0 Å². The van der Waals surface area contributed by atoms with Crippen molar-refractivity contribution in [2.75, 3.05) is 0 Å². The zero-order valence-electron chi connectivity index (χ0n) is 15.0. The molecular weight excluding hydrogens is 306 g/mol. The minimum absolute atomic E-state index is 0.0165. The van der Waals surface area contributed by atoms with E-state index in [9.17, 15) is 0 Å².